The molecular weight excluding hydrogens is 420 g/mol. The first kappa shape index (κ1) is 24.3. The van der Waals surface area contributed by atoms with E-state index in [2.05, 4.69) is 21.5 Å². The van der Waals surface area contributed by atoms with Gasteiger partial charge in [0.15, 0.2) is 5.11 Å². The maximum absolute atomic E-state index is 12.0. The standard InChI is InChI=1S/C18H23ClN4O5S/c1-3-28-17(27)10-9-15(25)21-18(29)23-22-16(26)8-7-14(24)20-13-6-4-5-12(19)11(13)2/h4-6H,3,7-10H2,1-2H3,(H,20,24)(H,22,26)(H2,21,23,25,29). The van der Waals surface area contributed by atoms with Gasteiger partial charge in [-0.25, -0.2) is 0 Å². The summed E-state index contributed by atoms with van der Waals surface area (Å²) in [6.07, 6.45) is -0.330. The number of anilines is 1. The van der Waals surface area contributed by atoms with Crippen LogP contribution in [0.25, 0.3) is 0 Å². The van der Waals surface area contributed by atoms with E-state index >= 15 is 0 Å². The van der Waals surface area contributed by atoms with Crippen molar-refractivity contribution in [2.75, 3.05) is 11.9 Å². The summed E-state index contributed by atoms with van der Waals surface area (Å²) < 4.78 is 4.71. The van der Waals surface area contributed by atoms with Crippen molar-refractivity contribution in [2.24, 2.45) is 0 Å². The van der Waals surface area contributed by atoms with E-state index in [1.807, 2.05) is 0 Å². The third kappa shape index (κ3) is 9.86. The third-order valence-electron chi connectivity index (χ3n) is 3.55. The molecular formula is C18H23ClN4O5S. The van der Waals surface area contributed by atoms with Crippen LogP contribution in [0.2, 0.25) is 5.02 Å². The molecule has 0 heterocycles. The van der Waals surface area contributed by atoms with Gasteiger partial charge in [-0.05, 0) is 43.8 Å². The number of carbonyl (C=O) groups excluding carboxylic acids is 4. The third-order valence-corrected chi connectivity index (χ3v) is 4.16. The van der Waals surface area contributed by atoms with Gasteiger partial charge in [0.05, 0.1) is 13.0 Å². The number of rotatable bonds is 8. The van der Waals surface area contributed by atoms with E-state index in [1.165, 1.54) is 0 Å². The molecule has 0 saturated carbocycles. The van der Waals surface area contributed by atoms with Crippen molar-refractivity contribution in [1.29, 1.82) is 0 Å². The quantitative estimate of drug-likeness (QED) is 0.274. The van der Waals surface area contributed by atoms with Gasteiger partial charge >= 0.3 is 5.97 Å². The molecule has 0 aromatic heterocycles. The minimum atomic E-state index is -0.499. The summed E-state index contributed by atoms with van der Waals surface area (Å²) in [5.74, 6) is -1.83. The van der Waals surface area contributed by atoms with Gasteiger partial charge in [-0.2, -0.15) is 0 Å². The molecule has 1 aromatic carbocycles. The fourth-order valence-corrected chi connectivity index (χ4v) is 2.38. The van der Waals surface area contributed by atoms with Gasteiger partial charge in [0.1, 0.15) is 0 Å². The van der Waals surface area contributed by atoms with Gasteiger partial charge in [-0.1, -0.05) is 17.7 Å². The van der Waals surface area contributed by atoms with E-state index in [1.54, 1.807) is 32.0 Å². The topological polar surface area (TPSA) is 126 Å². The number of halogens is 1. The van der Waals surface area contributed by atoms with Crippen LogP contribution in [0.3, 0.4) is 0 Å². The zero-order valence-corrected chi connectivity index (χ0v) is 17.7. The Balaban J connectivity index is 2.26. The monoisotopic (exact) mass is 442 g/mol. The van der Waals surface area contributed by atoms with Crippen molar-refractivity contribution in [3.05, 3.63) is 28.8 Å². The van der Waals surface area contributed by atoms with Gasteiger partial charge < -0.3 is 15.4 Å². The Morgan fingerprint density at radius 2 is 1.66 bits per heavy atom. The van der Waals surface area contributed by atoms with E-state index in [9.17, 15) is 19.2 Å². The van der Waals surface area contributed by atoms with E-state index in [0.717, 1.165) is 5.56 Å². The Kier molecular flexibility index (Phi) is 10.6. The Morgan fingerprint density at radius 3 is 2.34 bits per heavy atom. The van der Waals surface area contributed by atoms with Gasteiger partial charge in [-0.15, -0.1) is 0 Å². The second-order valence-corrected chi connectivity index (χ2v) is 6.63. The van der Waals surface area contributed by atoms with Gasteiger partial charge in [0.25, 0.3) is 0 Å². The van der Waals surface area contributed by atoms with Crippen LogP contribution in [-0.4, -0.2) is 35.4 Å². The number of amides is 3. The largest absolute Gasteiger partial charge is 0.466 e. The SMILES string of the molecule is CCOC(=O)CCC(=O)NC(=S)NNC(=O)CCC(=O)Nc1cccc(Cl)c1C. The van der Waals surface area contributed by atoms with E-state index in [-0.39, 0.29) is 43.3 Å². The zero-order chi connectivity index (χ0) is 21.8. The van der Waals surface area contributed by atoms with Crippen LogP contribution >= 0.6 is 23.8 Å². The number of thiocarbonyl (C=S) groups is 1. The molecule has 3 amide bonds. The van der Waals surface area contributed by atoms with Crippen LogP contribution < -0.4 is 21.5 Å². The van der Waals surface area contributed by atoms with Crippen LogP contribution in [-0.2, 0) is 23.9 Å². The molecule has 0 aliphatic heterocycles. The number of nitrogens with one attached hydrogen (secondary N) is 4. The molecule has 0 unspecified atom stereocenters. The lowest BCUT2D eigenvalue weighted by Gasteiger charge is -2.11. The first-order valence-electron chi connectivity index (χ1n) is 8.82. The first-order chi connectivity index (χ1) is 13.7. The molecule has 1 aromatic rings. The van der Waals surface area contributed by atoms with Crippen molar-refractivity contribution in [3.63, 3.8) is 0 Å². The predicted octanol–water partition coefficient (Wildman–Crippen LogP) is 1.73. The van der Waals surface area contributed by atoms with Crippen molar-refractivity contribution in [1.82, 2.24) is 16.2 Å². The molecule has 0 spiro atoms. The Hall–Kier alpha value is -2.72. The molecule has 1 rings (SSSR count). The van der Waals surface area contributed by atoms with E-state index in [4.69, 9.17) is 28.6 Å². The van der Waals surface area contributed by atoms with Crippen molar-refractivity contribution >= 4 is 58.3 Å². The summed E-state index contributed by atoms with van der Waals surface area (Å²) in [5, 5.41) is 5.39. The summed E-state index contributed by atoms with van der Waals surface area (Å²) in [5.41, 5.74) is 5.94. The highest BCUT2D eigenvalue weighted by molar-refractivity contribution is 7.80. The highest BCUT2D eigenvalue weighted by atomic mass is 35.5. The number of hydrazine groups is 1. The lowest BCUT2D eigenvalue weighted by Crippen LogP contribution is -2.48. The lowest BCUT2D eigenvalue weighted by atomic mass is 10.2. The summed E-state index contributed by atoms with van der Waals surface area (Å²) in [7, 11) is 0. The van der Waals surface area contributed by atoms with Crippen LogP contribution in [0.5, 0.6) is 0 Å². The number of hydrogen-bond acceptors (Lipinski definition) is 6. The van der Waals surface area contributed by atoms with Crippen LogP contribution in [0.1, 0.15) is 38.2 Å². The van der Waals surface area contributed by atoms with Crippen molar-refractivity contribution in [2.45, 2.75) is 39.5 Å². The molecule has 0 aliphatic carbocycles. The van der Waals surface area contributed by atoms with Crippen LogP contribution in [0, 0.1) is 6.92 Å². The molecule has 9 nitrogen and oxygen atoms in total. The van der Waals surface area contributed by atoms with Gasteiger partial charge in [-0.3, -0.25) is 30.0 Å². The van der Waals surface area contributed by atoms with Crippen molar-refractivity contribution < 1.29 is 23.9 Å². The Labute approximate surface area is 178 Å². The summed E-state index contributed by atoms with van der Waals surface area (Å²) in [6.45, 7) is 3.68. The molecule has 0 saturated heterocycles. The summed E-state index contributed by atoms with van der Waals surface area (Å²) in [6, 6.07) is 5.14. The average Bonchev–Trinajstić information content (AvgIpc) is 2.67. The lowest BCUT2D eigenvalue weighted by molar-refractivity contribution is -0.144. The summed E-state index contributed by atoms with van der Waals surface area (Å²) >= 11 is 10.9. The second kappa shape index (κ2) is 12.7. The molecule has 11 heteroatoms. The fraction of sp³-hybridized carbons (Fsp3) is 0.389. The predicted molar refractivity (Wildman–Crippen MR) is 112 cm³/mol. The number of esters is 1. The fourth-order valence-electron chi connectivity index (χ4n) is 2.04. The van der Waals surface area contributed by atoms with Crippen LogP contribution in [0.15, 0.2) is 18.2 Å². The van der Waals surface area contributed by atoms with Gasteiger partial charge in [0, 0.05) is 30.0 Å². The normalized spacial score (nSPS) is 9.90. The molecule has 0 atom stereocenters. The minimum Gasteiger partial charge on any atom is -0.466 e. The van der Waals surface area contributed by atoms with Gasteiger partial charge in [0.2, 0.25) is 17.7 Å². The smallest absolute Gasteiger partial charge is 0.306 e. The number of ether oxygens (including phenoxy) is 1. The first-order valence-corrected chi connectivity index (χ1v) is 9.60. The van der Waals surface area contributed by atoms with E-state index in [0.29, 0.717) is 10.7 Å². The van der Waals surface area contributed by atoms with Crippen molar-refractivity contribution in [3.8, 4) is 0 Å². The number of carbonyl (C=O) groups is 4. The number of hydrogen-bond donors (Lipinski definition) is 4. The molecule has 0 radical (unpaired) electrons. The molecule has 158 valence electrons. The molecule has 0 bridgehead atoms. The highest BCUT2D eigenvalue weighted by Crippen LogP contribution is 2.23. The molecule has 0 fully saturated rings. The summed E-state index contributed by atoms with van der Waals surface area (Å²) in [4.78, 5) is 46.6. The van der Waals surface area contributed by atoms with Crippen LogP contribution in [0.4, 0.5) is 5.69 Å². The number of benzene rings is 1. The average molecular weight is 443 g/mol. The minimum absolute atomic E-state index is 0.0574. The van der Waals surface area contributed by atoms with E-state index < -0.39 is 17.8 Å². The zero-order valence-electron chi connectivity index (χ0n) is 16.1. The molecule has 4 N–H and O–H groups in total. The second-order valence-electron chi connectivity index (χ2n) is 5.82. The molecule has 0 aliphatic rings. The maximum Gasteiger partial charge on any atom is 0.306 e. The highest BCUT2D eigenvalue weighted by Gasteiger charge is 2.11. The Bertz CT molecular complexity index is 788. The maximum atomic E-state index is 12.0. The Morgan fingerprint density at radius 1 is 1.00 bits per heavy atom. The molecule has 29 heavy (non-hydrogen) atoms.